The van der Waals surface area contributed by atoms with Crippen molar-refractivity contribution < 1.29 is 4.74 Å². The first kappa shape index (κ1) is 18.3. The van der Waals surface area contributed by atoms with Gasteiger partial charge in [-0.15, -0.1) is 12.4 Å². The Balaban J connectivity index is 0.00000220. The highest BCUT2D eigenvalue weighted by Crippen LogP contribution is 2.23. The zero-order valence-electron chi connectivity index (χ0n) is 13.5. The fourth-order valence-electron chi connectivity index (χ4n) is 3.08. The van der Waals surface area contributed by atoms with Gasteiger partial charge in [-0.3, -0.25) is 4.90 Å². The van der Waals surface area contributed by atoms with Crippen molar-refractivity contribution >= 4 is 12.4 Å². The quantitative estimate of drug-likeness (QED) is 0.872. The Labute approximate surface area is 135 Å². The number of nitrogens with one attached hydrogen (secondary N) is 1. The Bertz CT molecular complexity index is 417. The molecule has 0 aliphatic carbocycles. The third-order valence-electron chi connectivity index (χ3n) is 4.38. The van der Waals surface area contributed by atoms with Crippen LogP contribution in [0.1, 0.15) is 30.4 Å². The summed E-state index contributed by atoms with van der Waals surface area (Å²) in [6.07, 6.45) is 4.01. The third kappa shape index (κ3) is 5.50. The van der Waals surface area contributed by atoms with Gasteiger partial charge in [-0.25, -0.2) is 0 Å². The number of hydrogen-bond acceptors (Lipinski definition) is 3. The van der Waals surface area contributed by atoms with Crippen molar-refractivity contribution in [2.75, 3.05) is 33.8 Å². The molecule has 0 spiro atoms. The summed E-state index contributed by atoms with van der Waals surface area (Å²) < 4.78 is 5.32. The second-order valence-corrected chi connectivity index (χ2v) is 5.92. The maximum atomic E-state index is 5.32. The molecule has 1 N–H and O–H groups in total. The first-order valence-corrected chi connectivity index (χ1v) is 7.73. The molecular formula is C17H29ClN2O. The normalized spacial score (nSPS) is 16.5. The highest BCUT2D eigenvalue weighted by atomic mass is 35.5. The molecule has 1 aliphatic rings. The molecule has 1 heterocycles. The van der Waals surface area contributed by atoms with Crippen LogP contribution in [0.4, 0.5) is 0 Å². The van der Waals surface area contributed by atoms with Crippen LogP contribution < -0.4 is 10.1 Å². The van der Waals surface area contributed by atoms with Crippen LogP contribution in [0.3, 0.4) is 0 Å². The van der Waals surface area contributed by atoms with Crippen molar-refractivity contribution in [3.05, 3.63) is 29.3 Å². The number of aryl methyl sites for hydroxylation is 1. The van der Waals surface area contributed by atoms with Gasteiger partial charge < -0.3 is 10.1 Å². The van der Waals surface area contributed by atoms with Crippen LogP contribution in [0, 0.1) is 12.8 Å². The second kappa shape index (κ2) is 9.29. The lowest BCUT2D eigenvalue weighted by molar-refractivity contribution is 0.172. The van der Waals surface area contributed by atoms with Crippen molar-refractivity contribution in [2.45, 2.75) is 32.7 Å². The van der Waals surface area contributed by atoms with E-state index in [2.05, 4.69) is 35.3 Å². The lowest BCUT2D eigenvalue weighted by Crippen LogP contribution is -2.34. The number of piperidine rings is 1. The van der Waals surface area contributed by atoms with Crippen molar-refractivity contribution in [1.82, 2.24) is 10.2 Å². The van der Waals surface area contributed by atoms with Crippen molar-refractivity contribution in [2.24, 2.45) is 5.92 Å². The predicted octanol–water partition coefficient (Wildman–Crippen LogP) is 3.25. The van der Waals surface area contributed by atoms with Gasteiger partial charge in [0.1, 0.15) is 5.75 Å². The third-order valence-corrected chi connectivity index (χ3v) is 4.38. The fourth-order valence-corrected chi connectivity index (χ4v) is 3.08. The average molecular weight is 313 g/mol. The lowest BCUT2D eigenvalue weighted by Gasteiger charge is -2.32. The summed E-state index contributed by atoms with van der Waals surface area (Å²) in [5.74, 6) is 1.90. The van der Waals surface area contributed by atoms with Crippen molar-refractivity contribution in [1.29, 1.82) is 0 Å². The molecule has 21 heavy (non-hydrogen) atoms. The fraction of sp³-hybridized carbons (Fsp3) is 0.647. The number of rotatable bonds is 6. The van der Waals surface area contributed by atoms with Gasteiger partial charge in [0.2, 0.25) is 0 Å². The first-order valence-electron chi connectivity index (χ1n) is 7.73. The van der Waals surface area contributed by atoms with Crippen LogP contribution in [-0.4, -0.2) is 38.7 Å². The van der Waals surface area contributed by atoms with Gasteiger partial charge >= 0.3 is 0 Å². The van der Waals surface area contributed by atoms with Crippen LogP contribution in [0.5, 0.6) is 5.75 Å². The maximum Gasteiger partial charge on any atom is 0.121 e. The van der Waals surface area contributed by atoms with Crippen molar-refractivity contribution in [3.63, 3.8) is 0 Å². The van der Waals surface area contributed by atoms with E-state index in [0.29, 0.717) is 0 Å². The van der Waals surface area contributed by atoms with E-state index in [0.717, 1.165) is 24.8 Å². The summed E-state index contributed by atoms with van der Waals surface area (Å²) in [6, 6.07) is 6.54. The molecule has 4 heteroatoms. The summed E-state index contributed by atoms with van der Waals surface area (Å²) in [6.45, 7) is 6.82. The summed E-state index contributed by atoms with van der Waals surface area (Å²) in [4.78, 5) is 2.58. The molecule has 0 radical (unpaired) electrons. The van der Waals surface area contributed by atoms with Crippen LogP contribution >= 0.6 is 12.4 Å². The summed E-state index contributed by atoms with van der Waals surface area (Å²) in [5.41, 5.74) is 2.63. The van der Waals surface area contributed by atoms with E-state index in [1.165, 1.54) is 43.5 Å². The standard InChI is InChI=1S/C17H28N2O.ClH/c1-14-12-16(4-5-17(14)20-3)13-19-10-7-15(8-11-19)6-9-18-2;/h4-5,12,15,18H,6-11,13H2,1-3H3;1H. The van der Waals surface area contributed by atoms with E-state index in [1.54, 1.807) is 7.11 Å². The molecule has 0 aromatic heterocycles. The molecule has 1 aromatic rings. The number of benzene rings is 1. The minimum Gasteiger partial charge on any atom is -0.496 e. The molecule has 1 fully saturated rings. The first-order chi connectivity index (χ1) is 9.72. The van der Waals surface area contributed by atoms with Crippen LogP contribution in [-0.2, 0) is 6.54 Å². The van der Waals surface area contributed by atoms with Crippen LogP contribution in [0.25, 0.3) is 0 Å². The topological polar surface area (TPSA) is 24.5 Å². The van der Waals surface area contributed by atoms with Gasteiger partial charge in [0.25, 0.3) is 0 Å². The van der Waals surface area contributed by atoms with Gasteiger partial charge in [0, 0.05) is 6.54 Å². The van der Waals surface area contributed by atoms with Gasteiger partial charge in [0.15, 0.2) is 0 Å². The Kier molecular flexibility index (Phi) is 8.09. The van der Waals surface area contributed by atoms with E-state index in [1.807, 2.05) is 7.05 Å². The molecular weight excluding hydrogens is 284 g/mol. The molecule has 0 saturated carbocycles. The van der Waals surface area contributed by atoms with Crippen LogP contribution in [0.15, 0.2) is 18.2 Å². The highest BCUT2D eigenvalue weighted by Gasteiger charge is 2.18. The van der Waals surface area contributed by atoms with Gasteiger partial charge in [0.05, 0.1) is 7.11 Å². The van der Waals surface area contributed by atoms with Gasteiger partial charge in [-0.05, 0) is 76.0 Å². The molecule has 2 rings (SSSR count). The number of halogens is 1. The lowest BCUT2D eigenvalue weighted by atomic mass is 9.93. The number of ether oxygens (including phenoxy) is 1. The Morgan fingerprint density at radius 3 is 2.57 bits per heavy atom. The largest absolute Gasteiger partial charge is 0.496 e. The number of hydrogen-bond donors (Lipinski definition) is 1. The Morgan fingerprint density at radius 2 is 2.00 bits per heavy atom. The zero-order chi connectivity index (χ0) is 14.4. The van der Waals surface area contributed by atoms with Gasteiger partial charge in [-0.1, -0.05) is 12.1 Å². The van der Waals surface area contributed by atoms with Gasteiger partial charge in [-0.2, -0.15) is 0 Å². The molecule has 3 nitrogen and oxygen atoms in total. The number of nitrogens with zero attached hydrogens (tertiary/aromatic N) is 1. The minimum absolute atomic E-state index is 0. The smallest absolute Gasteiger partial charge is 0.121 e. The van der Waals surface area contributed by atoms with Crippen LogP contribution in [0.2, 0.25) is 0 Å². The monoisotopic (exact) mass is 312 g/mol. The molecule has 120 valence electrons. The number of methoxy groups -OCH3 is 1. The summed E-state index contributed by atoms with van der Waals surface area (Å²) in [5, 5.41) is 3.26. The van der Waals surface area contributed by atoms with E-state index in [9.17, 15) is 0 Å². The summed E-state index contributed by atoms with van der Waals surface area (Å²) >= 11 is 0. The maximum absolute atomic E-state index is 5.32. The molecule has 1 aliphatic heterocycles. The van der Waals surface area contributed by atoms with E-state index in [-0.39, 0.29) is 12.4 Å². The summed E-state index contributed by atoms with van der Waals surface area (Å²) in [7, 11) is 3.78. The molecule has 1 saturated heterocycles. The molecule has 1 aromatic carbocycles. The number of likely N-dealkylation sites (tertiary alicyclic amines) is 1. The Morgan fingerprint density at radius 1 is 1.29 bits per heavy atom. The highest BCUT2D eigenvalue weighted by molar-refractivity contribution is 5.85. The molecule has 0 bridgehead atoms. The van der Waals surface area contributed by atoms with E-state index < -0.39 is 0 Å². The zero-order valence-corrected chi connectivity index (χ0v) is 14.3. The molecule has 0 atom stereocenters. The average Bonchev–Trinajstić information content (AvgIpc) is 2.47. The van der Waals surface area contributed by atoms with Crippen molar-refractivity contribution in [3.8, 4) is 5.75 Å². The second-order valence-electron chi connectivity index (χ2n) is 5.92. The Hall–Kier alpha value is -0.770. The van der Waals surface area contributed by atoms with E-state index >= 15 is 0 Å². The predicted molar refractivity (Wildman–Crippen MR) is 91.5 cm³/mol. The molecule has 0 unspecified atom stereocenters. The molecule has 0 amide bonds. The minimum atomic E-state index is 0. The SMILES string of the molecule is CNCCC1CCN(Cc2ccc(OC)c(C)c2)CC1.Cl. The van der Waals surface area contributed by atoms with E-state index in [4.69, 9.17) is 4.74 Å².